The Morgan fingerprint density at radius 3 is 2.59 bits per heavy atom. The van der Waals surface area contributed by atoms with Crippen LogP contribution >= 0.6 is 0 Å². The van der Waals surface area contributed by atoms with Gasteiger partial charge in [-0.25, -0.2) is 0 Å². The number of amides is 1. The number of unbranched alkanes of at least 4 members (excludes halogenated alkanes) is 1. The largest absolute Gasteiger partial charge is 0.375 e. The van der Waals surface area contributed by atoms with Gasteiger partial charge in [0.2, 0.25) is 5.91 Å². The van der Waals surface area contributed by atoms with Crippen molar-refractivity contribution in [2.75, 3.05) is 26.7 Å². The van der Waals surface area contributed by atoms with E-state index in [2.05, 4.69) is 31.4 Å². The van der Waals surface area contributed by atoms with Gasteiger partial charge < -0.3 is 15.4 Å². The van der Waals surface area contributed by atoms with E-state index in [1.807, 2.05) is 0 Å². The highest BCUT2D eigenvalue weighted by molar-refractivity contribution is 5.75. The topological polar surface area (TPSA) is 50.4 Å². The second-order valence-electron chi connectivity index (χ2n) is 4.88. The molecule has 2 N–H and O–H groups in total. The Morgan fingerprint density at radius 2 is 2.00 bits per heavy atom. The second-order valence-corrected chi connectivity index (χ2v) is 4.88. The predicted octanol–water partition coefficient (Wildman–Crippen LogP) is 1.70. The molecule has 0 rings (SSSR count). The van der Waals surface area contributed by atoms with E-state index in [9.17, 15) is 4.79 Å². The lowest BCUT2D eigenvalue weighted by Gasteiger charge is -2.25. The first-order valence-electron chi connectivity index (χ1n) is 6.57. The summed E-state index contributed by atoms with van der Waals surface area (Å²) >= 11 is 0. The molecule has 0 bridgehead atoms. The van der Waals surface area contributed by atoms with Crippen LogP contribution in [0.2, 0.25) is 0 Å². The minimum atomic E-state index is -0.159. The van der Waals surface area contributed by atoms with Gasteiger partial charge in [-0.1, -0.05) is 13.3 Å². The van der Waals surface area contributed by atoms with Crippen molar-refractivity contribution in [2.45, 2.75) is 52.1 Å². The second kappa shape index (κ2) is 9.42. The molecule has 0 aliphatic rings. The maximum Gasteiger partial charge on any atom is 0.222 e. The van der Waals surface area contributed by atoms with Gasteiger partial charge in [-0.3, -0.25) is 4.79 Å². The first-order chi connectivity index (χ1) is 8.02. The average Bonchev–Trinajstić information content (AvgIpc) is 2.28. The summed E-state index contributed by atoms with van der Waals surface area (Å²) in [7, 11) is 1.64. The van der Waals surface area contributed by atoms with Crippen molar-refractivity contribution in [2.24, 2.45) is 0 Å². The van der Waals surface area contributed by atoms with E-state index in [0.29, 0.717) is 13.0 Å². The van der Waals surface area contributed by atoms with Crippen LogP contribution in [-0.4, -0.2) is 38.3 Å². The maximum absolute atomic E-state index is 11.0. The third-order valence-electron chi connectivity index (χ3n) is 2.71. The molecule has 0 aromatic carbocycles. The van der Waals surface area contributed by atoms with Gasteiger partial charge in [-0.15, -0.1) is 0 Å². The van der Waals surface area contributed by atoms with Gasteiger partial charge in [0.05, 0.1) is 12.2 Å². The van der Waals surface area contributed by atoms with Crippen molar-refractivity contribution >= 4 is 5.91 Å². The van der Waals surface area contributed by atoms with Crippen molar-refractivity contribution < 1.29 is 9.53 Å². The van der Waals surface area contributed by atoms with Crippen molar-refractivity contribution in [3.63, 3.8) is 0 Å². The quantitative estimate of drug-likeness (QED) is 0.575. The van der Waals surface area contributed by atoms with E-state index in [4.69, 9.17) is 4.74 Å². The summed E-state index contributed by atoms with van der Waals surface area (Å²) in [6.07, 6.45) is 3.84. The molecule has 0 fully saturated rings. The predicted molar refractivity (Wildman–Crippen MR) is 71.1 cm³/mol. The van der Waals surface area contributed by atoms with E-state index in [0.717, 1.165) is 19.5 Å². The average molecular weight is 244 g/mol. The van der Waals surface area contributed by atoms with Crippen LogP contribution in [-0.2, 0) is 9.53 Å². The summed E-state index contributed by atoms with van der Waals surface area (Å²) in [6.45, 7) is 8.85. The fourth-order valence-electron chi connectivity index (χ4n) is 1.43. The zero-order valence-corrected chi connectivity index (χ0v) is 11.8. The van der Waals surface area contributed by atoms with Gasteiger partial charge in [-0.2, -0.15) is 0 Å². The fraction of sp³-hybridized carbons (Fsp3) is 0.923. The number of nitrogens with one attached hydrogen (secondary N) is 2. The fourth-order valence-corrected chi connectivity index (χ4v) is 1.43. The minimum absolute atomic E-state index is 0.0295. The number of hydrogen-bond acceptors (Lipinski definition) is 3. The molecule has 0 atom stereocenters. The minimum Gasteiger partial charge on any atom is -0.375 e. The Morgan fingerprint density at radius 1 is 1.29 bits per heavy atom. The molecule has 4 heteroatoms. The molecule has 0 heterocycles. The molecule has 0 aromatic heterocycles. The van der Waals surface area contributed by atoms with Crippen molar-refractivity contribution in [1.82, 2.24) is 10.6 Å². The molecule has 0 aliphatic carbocycles. The molecule has 17 heavy (non-hydrogen) atoms. The van der Waals surface area contributed by atoms with Crippen molar-refractivity contribution in [3.8, 4) is 0 Å². The smallest absolute Gasteiger partial charge is 0.222 e. The van der Waals surface area contributed by atoms with Crippen LogP contribution in [0.1, 0.15) is 46.5 Å². The van der Waals surface area contributed by atoms with Crippen molar-refractivity contribution in [1.29, 1.82) is 0 Å². The highest BCUT2D eigenvalue weighted by Gasteiger charge is 2.17. The highest BCUT2D eigenvalue weighted by atomic mass is 16.5. The molecular formula is C13H28N2O2. The Balaban J connectivity index is 3.54. The number of rotatable bonds is 10. The number of carbonyl (C=O) groups is 1. The van der Waals surface area contributed by atoms with Gasteiger partial charge in [0.1, 0.15) is 0 Å². The van der Waals surface area contributed by atoms with E-state index in [1.165, 1.54) is 12.8 Å². The summed E-state index contributed by atoms with van der Waals surface area (Å²) in [5.74, 6) is 0.0295. The monoisotopic (exact) mass is 244 g/mol. The third-order valence-corrected chi connectivity index (χ3v) is 2.71. The molecule has 0 unspecified atom stereocenters. The summed E-state index contributed by atoms with van der Waals surface area (Å²) in [5, 5.41) is 5.98. The van der Waals surface area contributed by atoms with Gasteiger partial charge in [0, 0.05) is 13.5 Å². The normalized spacial score (nSPS) is 11.5. The molecule has 0 saturated heterocycles. The molecule has 4 nitrogen and oxygen atoms in total. The van der Waals surface area contributed by atoms with Crippen LogP contribution in [0.25, 0.3) is 0 Å². The van der Waals surface area contributed by atoms with E-state index >= 15 is 0 Å². The Hall–Kier alpha value is -0.610. The maximum atomic E-state index is 11.0. The molecule has 102 valence electrons. The van der Waals surface area contributed by atoms with Crippen LogP contribution < -0.4 is 10.6 Å². The Bertz CT molecular complexity index is 206. The first-order valence-corrected chi connectivity index (χ1v) is 6.57. The Labute approximate surface area is 105 Å². The van der Waals surface area contributed by atoms with Gasteiger partial charge >= 0.3 is 0 Å². The molecule has 0 saturated carbocycles. The van der Waals surface area contributed by atoms with Crippen LogP contribution in [0.15, 0.2) is 0 Å². The van der Waals surface area contributed by atoms with E-state index < -0.39 is 0 Å². The van der Waals surface area contributed by atoms with Crippen LogP contribution in [0.5, 0.6) is 0 Å². The number of ether oxygens (including phenoxy) is 1. The summed E-state index contributed by atoms with van der Waals surface area (Å²) < 4.78 is 5.71. The standard InChI is InChI=1S/C13H28N2O2/c1-5-6-9-15-10-8-13(2,3)17-11-7-12(16)14-4/h15H,5-11H2,1-4H3,(H,14,16). The van der Waals surface area contributed by atoms with Gasteiger partial charge in [0.15, 0.2) is 0 Å². The summed E-state index contributed by atoms with van der Waals surface area (Å²) in [4.78, 5) is 11.0. The molecular weight excluding hydrogens is 216 g/mol. The number of hydrogen-bond donors (Lipinski definition) is 2. The molecule has 1 amide bonds. The van der Waals surface area contributed by atoms with E-state index in [1.54, 1.807) is 7.05 Å². The lowest BCUT2D eigenvalue weighted by Crippen LogP contribution is -2.32. The zero-order chi connectivity index (χ0) is 13.1. The molecule has 0 radical (unpaired) electrons. The SMILES string of the molecule is CCCCNCCC(C)(C)OCCC(=O)NC. The van der Waals surface area contributed by atoms with Gasteiger partial charge in [0.25, 0.3) is 0 Å². The van der Waals surface area contributed by atoms with Crippen LogP contribution in [0, 0.1) is 0 Å². The zero-order valence-electron chi connectivity index (χ0n) is 11.8. The van der Waals surface area contributed by atoms with Crippen LogP contribution in [0.3, 0.4) is 0 Å². The van der Waals surface area contributed by atoms with E-state index in [-0.39, 0.29) is 11.5 Å². The summed E-state index contributed by atoms with van der Waals surface area (Å²) in [5.41, 5.74) is -0.159. The summed E-state index contributed by atoms with van der Waals surface area (Å²) in [6, 6.07) is 0. The lowest BCUT2D eigenvalue weighted by atomic mass is 10.1. The Kier molecular flexibility index (Phi) is 9.09. The number of carbonyl (C=O) groups excluding carboxylic acids is 1. The first kappa shape index (κ1) is 16.4. The van der Waals surface area contributed by atoms with Gasteiger partial charge in [-0.05, 0) is 39.8 Å². The lowest BCUT2D eigenvalue weighted by molar-refractivity contribution is -0.123. The third kappa shape index (κ3) is 10.3. The molecule has 0 spiro atoms. The van der Waals surface area contributed by atoms with Crippen molar-refractivity contribution in [3.05, 3.63) is 0 Å². The highest BCUT2D eigenvalue weighted by Crippen LogP contribution is 2.13. The van der Waals surface area contributed by atoms with Crippen LogP contribution in [0.4, 0.5) is 0 Å². The molecule has 0 aromatic rings. The molecule has 0 aliphatic heterocycles.